The molecular weight excluding hydrogens is 246 g/mol. The maximum absolute atomic E-state index is 11.9. The van der Waals surface area contributed by atoms with Crippen molar-refractivity contribution in [3.05, 3.63) is 24.3 Å². The number of thiazole rings is 1. The molecule has 0 spiro atoms. The van der Waals surface area contributed by atoms with Gasteiger partial charge >= 0.3 is 0 Å². The molecule has 0 aliphatic carbocycles. The number of nitrogens with one attached hydrogen (secondary N) is 2. The lowest BCUT2D eigenvalue weighted by molar-refractivity contribution is -0.119. The highest BCUT2D eigenvalue weighted by Gasteiger charge is 2.14. The summed E-state index contributed by atoms with van der Waals surface area (Å²) in [5.74, 6) is -0.0491. The third kappa shape index (κ3) is 3.05. The van der Waals surface area contributed by atoms with E-state index in [2.05, 4.69) is 15.6 Å². The van der Waals surface area contributed by atoms with Crippen molar-refractivity contribution in [1.82, 2.24) is 10.3 Å². The summed E-state index contributed by atoms with van der Waals surface area (Å²) in [7, 11) is 0. The minimum Gasteiger partial charge on any atom is -0.316 e. The molecule has 2 rings (SSSR count). The second-order valence-electron chi connectivity index (χ2n) is 4.18. The molecule has 18 heavy (non-hydrogen) atoms. The predicted octanol–water partition coefficient (Wildman–Crippen LogP) is 2.48. The molecule has 4 nitrogen and oxygen atoms in total. The Morgan fingerprint density at radius 3 is 2.94 bits per heavy atom. The largest absolute Gasteiger partial charge is 0.316 e. The first kappa shape index (κ1) is 13.0. The van der Waals surface area contributed by atoms with Crippen LogP contribution in [0.25, 0.3) is 10.2 Å². The zero-order valence-electron chi connectivity index (χ0n) is 10.6. The third-order valence-corrected chi connectivity index (χ3v) is 3.62. The molecule has 1 aromatic heterocycles. The molecule has 0 radical (unpaired) electrons. The van der Waals surface area contributed by atoms with Gasteiger partial charge in [0, 0.05) is 12.5 Å². The zero-order chi connectivity index (χ0) is 13.0. The lowest BCUT2D eigenvalue weighted by atomic mass is 10.1. The van der Waals surface area contributed by atoms with Gasteiger partial charge in [0.05, 0.1) is 10.2 Å². The number of carbonyl (C=O) groups excluding carboxylic acids is 1. The van der Waals surface area contributed by atoms with Crippen LogP contribution in [-0.4, -0.2) is 24.0 Å². The lowest BCUT2D eigenvalue weighted by Gasteiger charge is -2.10. The van der Waals surface area contributed by atoms with Gasteiger partial charge in [0.15, 0.2) is 5.13 Å². The number of carbonyl (C=O) groups is 1. The smallest absolute Gasteiger partial charge is 0.230 e. The van der Waals surface area contributed by atoms with Gasteiger partial charge in [-0.15, -0.1) is 0 Å². The molecule has 96 valence electrons. The van der Waals surface area contributed by atoms with E-state index in [9.17, 15) is 4.79 Å². The molecule has 1 amide bonds. The minimum atomic E-state index is -0.0584. The Balaban J connectivity index is 2.02. The maximum atomic E-state index is 11.9. The van der Waals surface area contributed by atoms with E-state index in [0.717, 1.165) is 16.8 Å². The molecule has 1 heterocycles. The van der Waals surface area contributed by atoms with E-state index in [1.807, 2.05) is 38.1 Å². The topological polar surface area (TPSA) is 54.0 Å². The van der Waals surface area contributed by atoms with Crippen molar-refractivity contribution in [1.29, 1.82) is 0 Å². The summed E-state index contributed by atoms with van der Waals surface area (Å²) >= 11 is 1.50. The zero-order valence-corrected chi connectivity index (χ0v) is 11.4. The van der Waals surface area contributed by atoms with Crippen molar-refractivity contribution in [2.45, 2.75) is 13.8 Å². The third-order valence-electron chi connectivity index (χ3n) is 2.67. The fourth-order valence-corrected chi connectivity index (χ4v) is 2.48. The van der Waals surface area contributed by atoms with Gasteiger partial charge in [-0.05, 0) is 18.7 Å². The number of anilines is 1. The van der Waals surface area contributed by atoms with Crippen LogP contribution >= 0.6 is 11.3 Å². The molecule has 0 saturated carbocycles. The minimum absolute atomic E-state index is 0.00926. The number of nitrogens with zero attached hydrogens (tertiary/aromatic N) is 1. The average Bonchev–Trinajstić information content (AvgIpc) is 2.77. The van der Waals surface area contributed by atoms with E-state index >= 15 is 0 Å². The first-order valence-corrected chi connectivity index (χ1v) is 6.89. The molecule has 2 N–H and O–H groups in total. The number of amides is 1. The molecule has 1 unspecified atom stereocenters. The Bertz CT molecular complexity index is 505. The van der Waals surface area contributed by atoms with Gasteiger partial charge in [-0.1, -0.05) is 37.3 Å². The molecule has 0 aliphatic heterocycles. The predicted molar refractivity (Wildman–Crippen MR) is 76.0 cm³/mol. The fourth-order valence-electron chi connectivity index (χ4n) is 1.61. The summed E-state index contributed by atoms with van der Waals surface area (Å²) in [6.45, 7) is 5.50. The number of aromatic nitrogens is 1. The molecule has 0 bridgehead atoms. The first-order valence-electron chi connectivity index (χ1n) is 6.08. The van der Waals surface area contributed by atoms with Crippen molar-refractivity contribution in [3.8, 4) is 0 Å². The van der Waals surface area contributed by atoms with E-state index in [1.165, 1.54) is 11.3 Å². The first-order chi connectivity index (χ1) is 8.70. The van der Waals surface area contributed by atoms with Crippen LogP contribution in [0.4, 0.5) is 5.13 Å². The van der Waals surface area contributed by atoms with Crippen molar-refractivity contribution in [2.24, 2.45) is 5.92 Å². The highest BCUT2D eigenvalue weighted by Crippen LogP contribution is 2.25. The summed E-state index contributed by atoms with van der Waals surface area (Å²) in [5.41, 5.74) is 0.928. The van der Waals surface area contributed by atoms with E-state index in [4.69, 9.17) is 0 Å². The fraction of sp³-hybridized carbons (Fsp3) is 0.385. The number of rotatable bonds is 5. The molecule has 0 saturated heterocycles. The summed E-state index contributed by atoms with van der Waals surface area (Å²) in [5, 5.41) is 6.70. The normalized spacial score (nSPS) is 12.6. The van der Waals surface area contributed by atoms with E-state index in [-0.39, 0.29) is 11.8 Å². The van der Waals surface area contributed by atoms with Gasteiger partial charge in [0.1, 0.15) is 0 Å². The maximum Gasteiger partial charge on any atom is 0.230 e. The molecular formula is C13H17N3OS. The van der Waals surface area contributed by atoms with Crippen molar-refractivity contribution in [2.75, 3.05) is 18.4 Å². The number of hydrogen-bond acceptors (Lipinski definition) is 4. The van der Waals surface area contributed by atoms with Crippen LogP contribution in [-0.2, 0) is 4.79 Å². The summed E-state index contributed by atoms with van der Waals surface area (Å²) in [6.07, 6.45) is 0. The van der Waals surface area contributed by atoms with Crippen molar-refractivity contribution in [3.63, 3.8) is 0 Å². The Morgan fingerprint density at radius 2 is 2.22 bits per heavy atom. The van der Waals surface area contributed by atoms with Crippen LogP contribution in [0.1, 0.15) is 13.8 Å². The number of fused-ring (bicyclic) bond motifs is 1. The van der Waals surface area contributed by atoms with Crippen LogP contribution in [0.2, 0.25) is 0 Å². The molecule has 1 atom stereocenters. The van der Waals surface area contributed by atoms with Gasteiger partial charge in [-0.25, -0.2) is 4.98 Å². The number of para-hydroxylation sites is 1. The molecule has 0 fully saturated rings. The molecule has 2 aromatic rings. The van der Waals surface area contributed by atoms with E-state index in [1.54, 1.807) is 0 Å². The van der Waals surface area contributed by atoms with Crippen LogP contribution in [0, 0.1) is 5.92 Å². The van der Waals surface area contributed by atoms with Crippen LogP contribution in [0.3, 0.4) is 0 Å². The SMILES string of the molecule is CCNCC(C)C(=O)Nc1nc2ccccc2s1. The second-order valence-corrected chi connectivity index (χ2v) is 5.22. The lowest BCUT2D eigenvalue weighted by Crippen LogP contribution is -2.30. The van der Waals surface area contributed by atoms with Crippen LogP contribution in [0.5, 0.6) is 0 Å². The molecule has 0 aliphatic rings. The van der Waals surface area contributed by atoms with E-state index in [0.29, 0.717) is 11.7 Å². The monoisotopic (exact) mass is 263 g/mol. The number of benzene rings is 1. The Hall–Kier alpha value is -1.46. The van der Waals surface area contributed by atoms with Gasteiger partial charge in [0.2, 0.25) is 5.91 Å². The Kier molecular flexibility index (Phi) is 4.28. The van der Waals surface area contributed by atoms with Gasteiger partial charge < -0.3 is 10.6 Å². The Morgan fingerprint density at radius 1 is 1.44 bits per heavy atom. The second kappa shape index (κ2) is 5.93. The summed E-state index contributed by atoms with van der Waals surface area (Å²) in [4.78, 5) is 16.3. The van der Waals surface area contributed by atoms with Crippen LogP contribution < -0.4 is 10.6 Å². The standard InChI is InChI=1S/C13H17N3OS/c1-3-14-8-9(2)12(17)16-13-15-10-6-4-5-7-11(10)18-13/h4-7,9,14H,3,8H2,1-2H3,(H,15,16,17). The van der Waals surface area contributed by atoms with E-state index < -0.39 is 0 Å². The van der Waals surface area contributed by atoms with Crippen LogP contribution in [0.15, 0.2) is 24.3 Å². The summed E-state index contributed by atoms with van der Waals surface area (Å²) in [6, 6.07) is 7.87. The molecule has 5 heteroatoms. The van der Waals surface area contributed by atoms with Gasteiger partial charge in [-0.3, -0.25) is 4.79 Å². The average molecular weight is 263 g/mol. The quantitative estimate of drug-likeness (QED) is 0.871. The number of hydrogen-bond donors (Lipinski definition) is 2. The summed E-state index contributed by atoms with van der Waals surface area (Å²) < 4.78 is 1.09. The van der Waals surface area contributed by atoms with Gasteiger partial charge in [-0.2, -0.15) is 0 Å². The van der Waals surface area contributed by atoms with Crippen molar-refractivity contribution < 1.29 is 4.79 Å². The molecule has 1 aromatic carbocycles. The van der Waals surface area contributed by atoms with Crippen molar-refractivity contribution >= 4 is 32.6 Å². The van der Waals surface area contributed by atoms with Gasteiger partial charge in [0.25, 0.3) is 0 Å². The Labute approximate surface area is 110 Å². The highest BCUT2D eigenvalue weighted by atomic mass is 32.1. The highest BCUT2D eigenvalue weighted by molar-refractivity contribution is 7.22.